The van der Waals surface area contributed by atoms with Crippen LogP contribution in [0.5, 0.6) is 0 Å². The lowest BCUT2D eigenvalue weighted by Gasteiger charge is -2.09. The lowest BCUT2D eigenvalue weighted by atomic mass is 10.1. The number of fused-ring (bicyclic) bond motifs is 1. The Balaban J connectivity index is 1.46. The number of amides is 1. The highest BCUT2D eigenvalue weighted by molar-refractivity contribution is 5.78. The van der Waals surface area contributed by atoms with Crippen LogP contribution in [0.3, 0.4) is 0 Å². The number of aromatic nitrogens is 3. The summed E-state index contributed by atoms with van der Waals surface area (Å²) < 4.78 is 2.08. The number of pyridine rings is 1. The van der Waals surface area contributed by atoms with Crippen molar-refractivity contribution in [3.05, 3.63) is 89.4 Å². The Labute approximate surface area is 170 Å². The molecule has 0 bridgehead atoms. The second-order valence-corrected chi connectivity index (χ2v) is 7.17. The van der Waals surface area contributed by atoms with E-state index in [1.54, 1.807) is 6.20 Å². The summed E-state index contributed by atoms with van der Waals surface area (Å²) in [7, 11) is 0. The maximum absolute atomic E-state index is 12.3. The van der Waals surface area contributed by atoms with Crippen LogP contribution >= 0.6 is 0 Å². The van der Waals surface area contributed by atoms with Crippen molar-refractivity contribution in [1.82, 2.24) is 19.9 Å². The highest BCUT2D eigenvalue weighted by Gasteiger charge is 2.12. The third-order valence-electron chi connectivity index (χ3n) is 4.93. The van der Waals surface area contributed by atoms with Gasteiger partial charge < -0.3 is 5.32 Å². The number of rotatable bonds is 6. The zero-order valence-electron chi connectivity index (χ0n) is 16.7. The van der Waals surface area contributed by atoms with Gasteiger partial charge in [0.15, 0.2) is 5.65 Å². The van der Waals surface area contributed by atoms with Gasteiger partial charge in [-0.25, -0.2) is 9.97 Å². The molecule has 0 saturated heterocycles. The number of nitrogens with zero attached hydrogens (tertiary/aromatic N) is 3. The number of imidazole rings is 1. The predicted octanol–water partition coefficient (Wildman–Crippen LogP) is 4.15. The maximum Gasteiger partial charge on any atom is 0.224 e. The fourth-order valence-corrected chi connectivity index (χ4v) is 3.50. The second-order valence-electron chi connectivity index (χ2n) is 7.17. The van der Waals surface area contributed by atoms with Crippen molar-refractivity contribution < 1.29 is 4.79 Å². The molecule has 0 saturated carbocycles. The zero-order valence-corrected chi connectivity index (χ0v) is 16.7. The molecule has 4 aromatic rings. The van der Waals surface area contributed by atoms with Gasteiger partial charge in [-0.1, -0.05) is 48.9 Å². The fourth-order valence-electron chi connectivity index (χ4n) is 3.50. The van der Waals surface area contributed by atoms with Crippen LogP contribution < -0.4 is 5.32 Å². The summed E-state index contributed by atoms with van der Waals surface area (Å²) in [5.74, 6) is 0.991. The van der Waals surface area contributed by atoms with Gasteiger partial charge in [-0.05, 0) is 42.3 Å². The molecule has 146 valence electrons. The van der Waals surface area contributed by atoms with Gasteiger partial charge in [-0.15, -0.1) is 0 Å². The van der Waals surface area contributed by atoms with Gasteiger partial charge in [0.2, 0.25) is 5.91 Å². The van der Waals surface area contributed by atoms with Crippen molar-refractivity contribution in [3.63, 3.8) is 0 Å². The molecule has 0 atom stereocenters. The predicted molar refractivity (Wildman–Crippen MR) is 115 cm³/mol. The average molecular weight is 384 g/mol. The minimum atomic E-state index is 0.0169. The van der Waals surface area contributed by atoms with Crippen LogP contribution in [0.15, 0.2) is 66.9 Å². The number of nitrogens with one attached hydrogen (secondary N) is 1. The molecule has 4 rings (SSSR count). The quantitative estimate of drug-likeness (QED) is 0.543. The van der Waals surface area contributed by atoms with Gasteiger partial charge in [-0.2, -0.15) is 0 Å². The van der Waals surface area contributed by atoms with Crippen molar-refractivity contribution in [2.45, 2.75) is 33.2 Å². The van der Waals surface area contributed by atoms with E-state index in [1.165, 1.54) is 5.56 Å². The molecule has 2 aromatic heterocycles. The molecule has 0 radical (unpaired) electrons. The van der Waals surface area contributed by atoms with Crippen LogP contribution in [0.25, 0.3) is 16.9 Å². The smallest absolute Gasteiger partial charge is 0.224 e. The summed E-state index contributed by atoms with van der Waals surface area (Å²) in [6.07, 6.45) is 2.96. The number of hydrogen-bond donors (Lipinski definition) is 1. The average Bonchev–Trinajstić information content (AvgIpc) is 3.12. The topological polar surface area (TPSA) is 59.8 Å². The van der Waals surface area contributed by atoms with Crippen LogP contribution in [0.1, 0.15) is 29.4 Å². The van der Waals surface area contributed by atoms with Gasteiger partial charge in [0.1, 0.15) is 11.3 Å². The van der Waals surface area contributed by atoms with Gasteiger partial charge in [0.05, 0.1) is 6.42 Å². The molecule has 5 heteroatoms. The Morgan fingerprint density at radius 1 is 1.03 bits per heavy atom. The molecule has 0 fully saturated rings. The molecule has 0 spiro atoms. The first-order chi connectivity index (χ1) is 14.1. The minimum Gasteiger partial charge on any atom is -0.352 e. The number of carbonyl (C=O) groups excluding carboxylic acids is 1. The molecule has 1 N–H and O–H groups in total. The summed E-state index contributed by atoms with van der Waals surface area (Å²) in [5, 5.41) is 3.00. The molecule has 2 aromatic carbocycles. The highest BCUT2D eigenvalue weighted by Crippen LogP contribution is 2.20. The first-order valence-electron chi connectivity index (χ1n) is 9.88. The Bertz CT molecular complexity index is 1150. The van der Waals surface area contributed by atoms with Crippen LogP contribution in [0.2, 0.25) is 0 Å². The van der Waals surface area contributed by atoms with E-state index in [9.17, 15) is 4.79 Å². The lowest BCUT2D eigenvalue weighted by Crippen LogP contribution is -2.24. The van der Waals surface area contributed by atoms with Crippen molar-refractivity contribution in [3.8, 4) is 5.69 Å². The largest absolute Gasteiger partial charge is 0.352 e. The van der Waals surface area contributed by atoms with E-state index >= 15 is 0 Å². The van der Waals surface area contributed by atoms with Crippen molar-refractivity contribution in [2.24, 2.45) is 0 Å². The summed E-state index contributed by atoms with van der Waals surface area (Å²) in [5.41, 5.74) is 6.04. The first-order valence-corrected chi connectivity index (χ1v) is 9.88. The molecule has 0 unspecified atom stereocenters. The second kappa shape index (κ2) is 8.27. The van der Waals surface area contributed by atoms with E-state index < -0.39 is 0 Å². The number of carbonyl (C=O) groups is 1. The van der Waals surface area contributed by atoms with Crippen LogP contribution in [0.4, 0.5) is 0 Å². The van der Waals surface area contributed by atoms with E-state index in [0.29, 0.717) is 13.0 Å². The first kappa shape index (κ1) is 18.9. The Morgan fingerprint density at radius 2 is 1.86 bits per heavy atom. The Morgan fingerprint density at radius 3 is 2.62 bits per heavy atom. The van der Waals surface area contributed by atoms with E-state index in [0.717, 1.165) is 40.2 Å². The SMILES string of the molecule is CCc1nc2cccnc2n1-c1ccc(CC(=O)NCc2cccc(C)c2)cc1. The lowest BCUT2D eigenvalue weighted by molar-refractivity contribution is -0.120. The molecule has 29 heavy (non-hydrogen) atoms. The zero-order chi connectivity index (χ0) is 20.2. The van der Waals surface area contributed by atoms with Crippen LogP contribution in [-0.4, -0.2) is 20.4 Å². The normalized spacial score (nSPS) is 11.0. The molecular weight excluding hydrogens is 360 g/mol. The maximum atomic E-state index is 12.3. The highest BCUT2D eigenvalue weighted by atomic mass is 16.1. The van der Waals surface area contributed by atoms with E-state index in [4.69, 9.17) is 0 Å². The summed E-state index contributed by atoms with van der Waals surface area (Å²) in [6.45, 7) is 4.69. The van der Waals surface area contributed by atoms with Crippen molar-refractivity contribution >= 4 is 17.1 Å². The molecule has 0 aliphatic heterocycles. The number of benzene rings is 2. The molecular formula is C24H24N4O. The van der Waals surface area contributed by atoms with E-state index in [-0.39, 0.29) is 5.91 Å². The molecule has 2 heterocycles. The monoisotopic (exact) mass is 384 g/mol. The van der Waals surface area contributed by atoms with E-state index in [2.05, 4.69) is 45.8 Å². The van der Waals surface area contributed by atoms with Gasteiger partial charge in [0, 0.05) is 24.8 Å². The Kier molecular flexibility index (Phi) is 5.38. The van der Waals surface area contributed by atoms with Crippen LogP contribution in [-0.2, 0) is 24.2 Å². The van der Waals surface area contributed by atoms with Gasteiger partial charge in [-0.3, -0.25) is 9.36 Å². The fraction of sp³-hybridized carbons (Fsp3) is 0.208. The molecule has 5 nitrogen and oxygen atoms in total. The van der Waals surface area contributed by atoms with Crippen LogP contribution in [0, 0.1) is 6.92 Å². The minimum absolute atomic E-state index is 0.0169. The molecule has 0 aliphatic carbocycles. The number of aryl methyl sites for hydroxylation is 2. The third-order valence-corrected chi connectivity index (χ3v) is 4.93. The van der Waals surface area contributed by atoms with Gasteiger partial charge in [0.25, 0.3) is 0 Å². The molecule has 0 aliphatic rings. The van der Waals surface area contributed by atoms with Crippen molar-refractivity contribution in [1.29, 1.82) is 0 Å². The summed E-state index contributed by atoms with van der Waals surface area (Å²) in [4.78, 5) is 21.5. The summed E-state index contributed by atoms with van der Waals surface area (Å²) in [6, 6.07) is 20.1. The number of hydrogen-bond acceptors (Lipinski definition) is 3. The Hall–Kier alpha value is -3.47. The standard InChI is InChI=1S/C24H24N4O/c1-3-22-27-21-8-5-13-25-24(21)28(22)20-11-9-18(10-12-20)15-23(29)26-16-19-7-4-6-17(2)14-19/h4-14H,3,15-16H2,1-2H3,(H,26,29). The van der Waals surface area contributed by atoms with E-state index in [1.807, 2.05) is 48.5 Å². The summed E-state index contributed by atoms with van der Waals surface area (Å²) >= 11 is 0. The third kappa shape index (κ3) is 4.19. The van der Waals surface area contributed by atoms with Gasteiger partial charge >= 0.3 is 0 Å². The molecule has 1 amide bonds. The van der Waals surface area contributed by atoms with Crippen molar-refractivity contribution in [2.75, 3.05) is 0 Å².